The molecular formula is C17H16N4S. The van der Waals surface area contributed by atoms with Crippen molar-refractivity contribution in [2.45, 2.75) is 6.54 Å². The Balaban J connectivity index is 1.66. The van der Waals surface area contributed by atoms with Crippen molar-refractivity contribution < 1.29 is 0 Å². The summed E-state index contributed by atoms with van der Waals surface area (Å²) in [5.41, 5.74) is 3.22. The second kappa shape index (κ2) is 6.87. The molecule has 0 unspecified atom stereocenters. The quantitative estimate of drug-likeness (QED) is 0.725. The van der Waals surface area contributed by atoms with Crippen LogP contribution in [0.2, 0.25) is 0 Å². The average Bonchev–Trinajstić information content (AvgIpc) is 3.08. The van der Waals surface area contributed by atoms with Crippen molar-refractivity contribution in [2.24, 2.45) is 0 Å². The van der Waals surface area contributed by atoms with E-state index in [0.717, 1.165) is 16.9 Å². The monoisotopic (exact) mass is 308 g/mol. The second-order valence-corrected chi connectivity index (χ2v) is 5.18. The van der Waals surface area contributed by atoms with Crippen molar-refractivity contribution in [2.75, 3.05) is 5.32 Å². The lowest BCUT2D eigenvalue weighted by atomic mass is 10.2. The van der Waals surface area contributed by atoms with Gasteiger partial charge < -0.3 is 15.2 Å². The van der Waals surface area contributed by atoms with Gasteiger partial charge in [0.05, 0.1) is 12.0 Å². The third-order valence-corrected chi connectivity index (χ3v) is 3.49. The van der Waals surface area contributed by atoms with Gasteiger partial charge in [-0.2, -0.15) is 0 Å². The highest BCUT2D eigenvalue weighted by atomic mass is 32.1. The van der Waals surface area contributed by atoms with Crippen molar-refractivity contribution in [1.29, 1.82) is 0 Å². The summed E-state index contributed by atoms with van der Waals surface area (Å²) in [6.07, 6.45) is 5.49. The fourth-order valence-corrected chi connectivity index (χ4v) is 2.38. The number of hydrogen-bond acceptors (Lipinski definition) is 2. The highest BCUT2D eigenvalue weighted by molar-refractivity contribution is 7.80. The lowest BCUT2D eigenvalue weighted by molar-refractivity contribution is 0.899. The molecule has 3 rings (SSSR count). The number of para-hydroxylation sites is 2. The van der Waals surface area contributed by atoms with Crippen LogP contribution in [0.1, 0.15) is 5.56 Å². The van der Waals surface area contributed by atoms with E-state index in [4.69, 9.17) is 12.2 Å². The maximum Gasteiger partial charge on any atom is 0.171 e. The first kappa shape index (κ1) is 14.3. The van der Waals surface area contributed by atoms with Crippen LogP contribution in [-0.4, -0.2) is 14.7 Å². The Labute approximate surface area is 134 Å². The van der Waals surface area contributed by atoms with E-state index in [0.29, 0.717) is 11.7 Å². The molecule has 0 saturated carbocycles. The van der Waals surface area contributed by atoms with Gasteiger partial charge in [-0.3, -0.25) is 0 Å². The van der Waals surface area contributed by atoms with E-state index >= 15 is 0 Å². The lowest BCUT2D eigenvalue weighted by Gasteiger charge is -2.13. The Kier molecular flexibility index (Phi) is 4.46. The van der Waals surface area contributed by atoms with Crippen LogP contribution in [0.5, 0.6) is 0 Å². The van der Waals surface area contributed by atoms with Gasteiger partial charge in [-0.25, -0.2) is 4.98 Å². The minimum Gasteiger partial charge on any atom is -0.358 e. The Hall–Kier alpha value is -2.66. The number of benzene rings is 2. The van der Waals surface area contributed by atoms with Crippen LogP contribution in [0.15, 0.2) is 73.3 Å². The zero-order valence-electron chi connectivity index (χ0n) is 11.9. The summed E-state index contributed by atoms with van der Waals surface area (Å²) in [5.74, 6) is 0. The van der Waals surface area contributed by atoms with Crippen molar-refractivity contribution in [3.8, 4) is 5.69 Å². The maximum atomic E-state index is 5.34. The number of thiocarbonyl (C=S) groups is 1. The summed E-state index contributed by atoms with van der Waals surface area (Å²) >= 11 is 5.34. The normalized spacial score (nSPS) is 10.2. The van der Waals surface area contributed by atoms with Gasteiger partial charge in [0.2, 0.25) is 0 Å². The van der Waals surface area contributed by atoms with E-state index in [1.807, 2.05) is 53.2 Å². The molecule has 0 saturated heterocycles. The summed E-state index contributed by atoms with van der Waals surface area (Å²) < 4.78 is 1.99. The Morgan fingerprint density at radius 1 is 1.05 bits per heavy atom. The second-order valence-electron chi connectivity index (χ2n) is 4.77. The number of rotatable bonds is 4. The summed E-state index contributed by atoms with van der Waals surface area (Å²) in [6.45, 7) is 0.646. The average molecular weight is 308 g/mol. The molecule has 5 heteroatoms. The minimum atomic E-state index is 0.603. The van der Waals surface area contributed by atoms with E-state index < -0.39 is 0 Å². The third-order valence-electron chi connectivity index (χ3n) is 3.25. The largest absolute Gasteiger partial charge is 0.358 e. The Morgan fingerprint density at radius 3 is 2.59 bits per heavy atom. The van der Waals surface area contributed by atoms with Gasteiger partial charge in [0.25, 0.3) is 0 Å². The van der Waals surface area contributed by atoms with E-state index in [1.54, 1.807) is 12.5 Å². The van der Waals surface area contributed by atoms with Gasteiger partial charge in [-0.15, -0.1) is 0 Å². The molecule has 3 aromatic rings. The number of imidazole rings is 1. The molecule has 0 spiro atoms. The molecular weight excluding hydrogens is 292 g/mol. The molecule has 1 heterocycles. The first-order chi connectivity index (χ1) is 10.8. The van der Waals surface area contributed by atoms with Crippen molar-refractivity contribution >= 4 is 23.0 Å². The SMILES string of the molecule is S=C(NCc1ccccc1-n1ccnc1)Nc1ccccc1. The predicted molar refractivity (Wildman–Crippen MR) is 93.1 cm³/mol. The molecule has 2 aromatic carbocycles. The third kappa shape index (κ3) is 3.51. The molecule has 4 nitrogen and oxygen atoms in total. The molecule has 2 N–H and O–H groups in total. The smallest absolute Gasteiger partial charge is 0.171 e. The van der Waals surface area contributed by atoms with Gasteiger partial charge in [0.15, 0.2) is 5.11 Å². The van der Waals surface area contributed by atoms with E-state index in [9.17, 15) is 0 Å². The number of anilines is 1. The molecule has 110 valence electrons. The molecule has 0 fully saturated rings. The van der Waals surface area contributed by atoms with Gasteiger partial charge in [0.1, 0.15) is 0 Å². The molecule has 0 radical (unpaired) electrons. The van der Waals surface area contributed by atoms with Crippen molar-refractivity contribution in [1.82, 2.24) is 14.9 Å². The molecule has 0 amide bonds. The zero-order chi connectivity index (χ0) is 15.2. The fourth-order valence-electron chi connectivity index (χ4n) is 2.19. The maximum absolute atomic E-state index is 5.34. The number of aromatic nitrogens is 2. The van der Waals surface area contributed by atoms with Gasteiger partial charge in [-0.05, 0) is 36.0 Å². The standard InChI is InChI=1S/C17H16N4S/c22-17(20-15-7-2-1-3-8-15)19-12-14-6-4-5-9-16(14)21-11-10-18-13-21/h1-11,13H,12H2,(H2,19,20,22). The van der Waals surface area contributed by atoms with Gasteiger partial charge in [0, 0.05) is 24.6 Å². The van der Waals surface area contributed by atoms with Gasteiger partial charge in [-0.1, -0.05) is 36.4 Å². The van der Waals surface area contributed by atoms with Crippen LogP contribution in [0.25, 0.3) is 5.69 Å². The first-order valence-corrected chi connectivity index (χ1v) is 7.40. The van der Waals surface area contributed by atoms with Crippen LogP contribution in [-0.2, 0) is 6.54 Å². The van der Waals surface area contributed by atoms with Crippen LogP contribution in [0, 0.1) is 0 Å². The van der Waals surface area contributed by atoms with Crippen LogP contribution >= 0.6 is 12.2 Å². The van der Waals surface area contributed by atoms with Gasteiger partial charge >= 0.3 is 0 Å². The highest BCUT2D eigenvalue weighted by Gasteiger charge is 2.04. The predicted octanol–water partition coefficient (Wildman–Crippen LogP) is 3.36. The molecule has 0 aliphatic heterocycles. The zero-order valence-corrected chi connectivity index (χ0v) is 12.8. The van der Waals surface area contributed by atoms with E-state index in [2.05, 4.69) is 27.8 Å². The topological polar surface area (TPSA) is 41.9 Å². The Morgan fingerprint density at radius 2 is 1.82 bits per heavy atom. The summed E-state index contributed by atoms with van der Waals surface area (Å²) in [5, 5.41) is 7.01. The van der Waals surface area contributed by atoms with Crippen LogP contribution in [0.3, 0.4) is 0 Å². The Bertz CT molecular complexity index is 738. The molecule has 0 aliphatic carbocycles. The highest BCUT2D eigenvalue weighted by Crippen LogP contribution is 2.14. The van der Waals surface area contributed by atoms with E-state index in [-0.39, 0.29) is 0 Å². The summed E-state index contributed by atoms with van der Waals surface area (Å²) in [4.78, 5) is 4.10. The van der Waals surface area contributed by atoms with Crippen LogP contribution in [0.4, 0.5) is 5.69 Å². The van der Waals surface area contributed by atoms with Crippen LogP contribution < -0.4 is 10.6 Å². The number of hydrogen-bond donors (Lipinski definition) is 2. The molecule has 1 aromatic heterocycles. The van der Waals surface area contributed by atoms with Crippen molar-refractivity contribution in [3.05, 3.63) is 78.9 Å². The first-order valence-electron chi connectivity index (χ1n) is 6.99. The number of nitrogens with zero attached hydrogens (tertiary/aromatic N) is 2. The molecule has 22 heavy (non-hydrogen) atoms. The van der Waals surface area contributed by atoms with E-state index in [1.165, 1.54) is 0 Å². The molecule has 0 atom stereocenters. The fraction of sp³-hybridized carbons (Fsp3) is 0.0588. The lowest BCUT2D eigenvalue weighted by Crippen LogP contribution is -2.28. The van der Waals surface area contributed by atoms with Crippen molar-refractivity contribution in [3.63, 3.8) is 0 Å². The summed E-state index contributed by atoms with van der Waals surface area (Å²) in [7, 11) is 0. The minimum absolute atomic E-state index is 0.603. The molecule has 0 aliphatic rings. The summed E-state index contributed by atoms with van der Waals surface area (Å²) in [6, 6.07) is 18.0. The number of nitrogens with one attached hydrogen (secondary N) is 2. The molecule has 0 bridgehead atoms.